The molecule has 0 aliphatic carbocycles. The summed E-state index contributed by atoms with van der Waals surface area (Å²) >= 11 is 7.44. The highest BCUT2D eigenvalue weighted by atomic mass is 35.5. The van der Waals surface area contributed by atoms with Crippen LogP contribution in [0.15, 0.2) is 48.1 Å². The minimum atomic E-state index is 0.483. The summed E-state index contributed by atoms with van der Waals surface area (Å²) in [6.45, 7) is 0.874. The monoisotopic (exact) mass is 303 g/mol. The van der Waals surface area contributed by atoms with Gasteiger partial charge in [-0.25, -0.2) is 9.97 Å². The molecule has 0 unspecified atom stereocenters. The van der Waals surface area contributed by atoms with E-state index in [2.05, 4.69) is 26.7 Å². The van der Waals surface area contributed by atoms with E-state index in [1.54, 1.807) is 11.3 Å². The fraction of sp³-hybridized carbons (Fsp3) is 0.200. The zero-order valence-electron chi connectivity index (χ0n) is 10.9. The van der Waals surface area contributed by atoms with Crippen molar-refractivity contribution in [2.24, 2.45) is 0 Å². The van der Waals surface area contributed by atoms with Gasteiger partial charge in [-0.15, -0.1) is 22.9 Å². The van der Waals surface area contributed by atoms with E-state index in [1.165, 1.54) is 0 Å². The van der Waals surface area contributed by atoms with Crippen LogP contribution in [0.3, 0.4) is 0 Å². The van der Waals surface area contributed by atoms with Crippen LogP contribution in [0.1, 0.15) is 10.7 Å². The summed E-state index contributed by atoms with van der Waals surface area (Å²) in [6.07, 6.45) is 4.75. The van der Waals surface area contributed by atoms with Gasteiger partial charge in [0, 0.05) is 36.3 Å². The fourth-order valence-corrected chi connectivity index (χ4v) is 3.09. The van der Waals surface area contributed by atoms with E-state index in [1.807, 2.05) is 36.0 Å². The first-order chi connectivity index (χ1) is 9.86. The van der Waals surface area contributed by atoms with Crippen molar-refractivity contribution < 1.29 is 0 Å². The zero-order valence-corrected chi connectivity index (χ0v) is 12.4. The molecule has 3 rings (SSSR count). The van der Waals surface area contributed by atoms with Crippen molar-refractivity contribution in [3.8, 4) is 11.4 Å². The quantitative estimate of drug-likeness (QED) is 0.667. The fourth-order valence-electron chi connectivity index (χ4n) is 2.08. The summed E-state index contributed by atoms with van der Waals surface area (Å²) in [7, 11) is 0. The number of rotatable bonds is 5. The molecule has 0 amide bonds. The van der Waals surface area contributed by atoms with Gasteiger partial charge in [0.25, 0.3) is 0 Å². The second-order valence-electron chi connectivity index (χ2n) is 4.43. The van der Waals surface area contributed by atoms with Gasteiger partial charge in [-0.05, 0) is 0 Å². The smallest absolute Gasteiger partial charge is 0.139 e. The molecular weight excluding hydrogens is 290 g/mol. The molecule has 0 aliphatic heterocycles. The molecule has 1 aromatic carbocycles. The van der Waals surface area contributed by atoms with Gasteiger partial charge in [0.15, 0.2) is 0 Å². The number of halogens is 1. The number of hydrogen-bond acceptors (Lipinski definition) is 3. The molecule has 0 saturated heterocycles. The molecular formula is C15H14ClN3S. The number of benzene rings is 1. The highest BCUT2D eigenvalue weighted by molar-refractivity contribution is 7.09. The third-order valence-electron chi connectivity index (χ3n) is 3.05. The van der Waals surface area contributed by atoms with Crippen LogP contribution in [-0.2, 0) is 18.8 Å². The lowest BCUT2D eigenvalue weighted by Crippen LogP contribution is -2.02. The Kier molecular flexibility index (Phi) is 4.14. The number of aryl methyl sites for hydroxylation is 2. The normalized spacial score (nSPS) is 10.8. The molecule has 0 radical (unpaired) electrons. The van der Waals surface area contributed by atoms with Crippen molar-refractivity contribution >= 4 is 22.9 Å². The number of thiazole rings is 1. The van der Waals surface area contributed by atoms with Crippen LogP contribution in [-0.4, -0.2) is 14.5 Å². The van der Waals surface area contributed by atoms with Crippen LogP contribution in [0, 0.1) is 0 Å². The van der Waals surface area contributed by atoms with E-state index in [4.69, 9.17) is 11.6 Å². The number of hydrogen-bond donors (Lipinski definition) is 0. The third kappa shape index (κ3) is 2.92. The number of aromatic nitrogens is 3. The predicted octanol–water partition coefficient (Wildman–Crippen LogP) is 3.99. The largest absolute Gasteiger partial charge is 0.331 e. The first-order valence-corrected chi connectivity index (χ1v) is 7.84. The van der Waals surface area contributed by atoms with Crippen LogP contribution in [0.25, 0.3) is 11.4 Å². The Balaban J connectivity index is 1.74. The van der Waals surface area contributed by atoms with Crippen molar-refractivity contribution in [2.45, 2.75) is 18.8 Å². The topological polar surface area (TPSA) is 30.7 Å². The molecule has 0 fully saturated rings. The van der Waals surface area contributed by atoms with Crippen LogP contribution in [0.2, 0.25) is 0 Å². The molecule has 0 saturated carbocycles. The van der Waals surface area contributed by atoms with Crippen molar-refractivity contribution in [3.05, 3.63) is 58.8 Å². The van der Waals surface area contributed by atoms with Crippen LogP contribution in [0.4, 0.5) is 0 Å². The van der Waals surface area contributed by atoms with Crippen molar-refractivity contribution in [2.75, 3.05) is 0 Å². The lowest BCUT2D eigenvalue weighted by atomic mass is 10.2. The van der Waals surface area contributed by atoms with Crippen LogP contribution in [0.5, 0.6) is 0 Å². The number of alkyl halides is 1. The highest BCUT2D eigenvalue weighted by Gasteiger charge is 2.07. The minimum absolute atomic E-state index is 0.483. The SMILES string of the molecule is ClCc1csc(CCn2ccnc2-c2ccccc2)n1. The van der Waals surface area contributed by atoms with Gasteiger partial charge in [0.1, 0.15) is 5.82 Å². The average molecular weight is 304 g/mol. The lowest BCUT2D eigenvalue weighted by Gasteiger charge is -2.06. The Bertz CT molecular complexity index is 675. The molecule has 2 heterocycles. The van der Waals surface area contributed by atoms with Gasteiger partial charge >= 0.3 is 0 Å². The molecule has 20 heavy (non-hydrogen) atoms. The maximum atomic E-state index is 5.77. The Labute approximate surface area is 126 Å². The summed E-state index contributed by atoms with van der Waals surface area (Å²) in [4.78, 5) is 8.93. The van der Waals surface area contributed by atoms with E-state index >= 15 is 0 Å². The molecule has 0 aliphatic rings. The minimum Gasteiger partial charge on any atom is -0.331 e. The Morgan fingerprint density at radius 3 is 2.80 bits per heavy atom. The lowest BCUT2D eigenvalue weighted by molar-refractivity contribution is 0.699. The molecule has 102 valence electrons. The maximum Gasteiger partial charge on any atom is 0.139 e. The maximum absolute atomic E-state index is 5.77. The van der Waals surface area contributed by atoms with Gasteiger partial charge in [-0.2, -0.15) is 0 Å². The number of nitrogens with zero attached hydrogens (tertiary/aromatic N) is 3. The molecule has 0 spiro atoms. The van der Waals surface area contributed by atoms with Gasteiger partial charge in [0.05, 0.1) is 16.6 Å². The molecule has 0 atom stereocenters. The van der Waals surface area contributed by atoms with E-state index in [0.29, 0.717) is 5.88 Å². The number of imidazole rings is 1. The molecule has 0 bridgehead atoms. The molecule has 5 heteroatoms. The molecule has 3 aromatic rings. The van der Waals surface area contributed by atoms with Crippen molar-refractivity contribution in [1.82, 2.24) is 14.5 Å². The summed E-state index contributed by atoms with van der Waals surface area (Å²) in [5.74, 6) is 1.48. The summed E-state index contributed by atoms with van der Waals surface area (Å²) in [5.41, 5.74) is 2.10. The van der Waals surface area contributed by atoms with E-state index < -0.39 is 0 Å². The van der Waals surface area contributed by atoms with Crippen molar-refractivity contribution in [3.63, 3.8) is 0 Å². The summed E-state index contributed by atoms with van der Waals surface area (Å²) in [6, 6.07) is 10.2. The van der Waals surface area contributed by atoms with E-state index in [0.717, 1.165) is 35.1 Å². The Hall–Kier alpha value is -1.65. The van der Waals surface area contributed by atoms with Gasteiger partial charge in [-0.3, -0.25) is 0 Å². The second kappa shape index (κ2) is 6.20. The van der Waals surface area contributed by atoms with E-state index in [9.17, 15) is 0 Å². The van der Waals surface area contributed by atoms with Gasteiger partial charge in [-0.1, -0.05) is 30.3 Å². The standard InChI is InChI=1S/C15H14ClN3S/c16-10-13-11-20-14(18-13)6-8-19-9-7-17-15(19)12-4-2-1-3-5-12/h1-5,7,9,11H,6,8,10H2. The highest BCUT2D eigenvalue weighted by Crippen LogP contribution is 2.18. The van der Waals surface area contributed by atoms with Crippen LogP contribution >= 0.6 is 22.9 Å². The third-order valence-corrected chi connectivity index (χ3v) is 4.28. The summed E-state index contributed by atoms with van der Waals surface area (Å²) < 4.78 is 2.16. The van der Waals surface area contributed by atoms with E-state index in [-0.39, 0.29) is 0 Å². The molecule has 0 N–H and O–H groups in total. The Morgan fingerprint density at radius 2 is 2.05 bits per heavy atom. The Morgan fingerprint density at radius 1 is 1.20 bits per heavy atom. The van der Waals surface area contributed by atoms with Crippen LogP contribution < -0.4 is 0 Å². The molecule has 2 aromatic heterocycles. The average Bonchev–Trinajstić information content (AvgIpc) is 3.15. The second-order valence-corrected chi connectivity index (χ2v) is 5.64. The first kappa shape index (κ1) is 13.3. The zero-order chi connectivity index (χ0) is 13.8. The predicted molar refractivity (Wildman–Crippen MR) is 83.0 cm³/mol. The molecule has 3 nitrogen and oxygen atoms in total. The summed E-state index contributed by atoms with van der Waals surface area (Å²) in [5, 5.41) is 3.14. The van der Waals surface area contributed by atoms with Gasteiger partial charge in [0.2, 0.25) is 0 Å². The van der Waals surface area contributed by atoms with Crippen molar-refractivity contribution in [1.29, 1.82) is 0 Å². The van der Waals surface area contributed by atoms with Gasteiger partial charge < -0.3 is 4.57 Å². The first-order valence-electron chi connectivity index (χ1n) is 6.42.